The van der Waals surface area contributed by atoms with Gasteiger partial charge in [0.15, 0.2) is 0 Å². The topological polar surface area (TPSA) is 28.2 Å². The Balaban J connectivity index is 2.02. The molecule has 3 heteroatoms. The van der Waals surface area contributed by atoms with Crippen molar-refractivity contribution >= 4 is 16.6 Å². The van der Waals surface area contributed by atoms with Crippen molar-refractivity contribution in [3.05, 3.63) is 36.5 Å². The molecule has 100 valence electrons. The number of benzene rings is 1. The minimum absolute atomic E-state index is 0.601. The van der Waals surface area contributed by atoms with Crippen molar-refractivity contribution in [2.45, 2.75) is 25.3 Å². The number of anilines is 1. The monoisotopic (exact) mass is 255 g/mol. The normalized spacial score (nSPS) is 19.8. The lowest BCUT2D eigenvalue weighted by Crippen LogP contribution is -2.45. The molecule has 1 aromatic heterocycles. The summed E-state index contributed by atoms with van der Waals surface area (Å²) < 4.78 is 0. The van der Waals surface area contributed by atoms with E-state index in [2.05, 4.69) is 45.5 Å². The zero-order chi connectivity index (χ0) is 13.1. The van der Waals surface area contributed by atoms with E-state index in [0.29, 0.717) is 6.04 Å². The van der Waals surface area contributed by atoms with Crippen molar-refractivity contribution < 1.29 is 0 Å². The predicted molar refractivity (Wildman–Crippen MR) is 80.7 cm³/mol. The minimum Gasteiger partial charge on any atom is -0.367 e. The van der Waals surface area contributed by atoms with Gasteiger partial charge in [0, 0.05) is 36.4 Å². The predicted octanol–water partition coefficient (Wildman–Crippen LogP) is 2.81. The number of likely N-dealkylation sites (N-methyl/N-ethyl adjacent to an activating group) is 1. The van der Waals surface area contributed by atoms with Crippen LogP contribution in [0.15, 0.2) is 36.5 Å². The molecule has 0 aliphatic carbocycles. The molecule has 3 rings (SSSR count). The van der Waals surface area contributed by atoms with Crippen LogP contribution in [-0.2, 0) is 0 Å². The first-order chi connectivity index (χ1) is 9.40. The second-order valence-corrected chi connectivity index (χ2v) is 5.25. The van der Waals surface area contributed by atoms with Crippen molar-refractivity contribution in [2.75, 3.05) is 25.0 Å². The number of para-hydroxylation sites is 1. The molecular weight excluding hydrogens is 234 g/mol. The van der Waals surface area contributed by atoms with Crippen LogP contribution in [0, 0.1) is 0 Å². The largest absolute Gasteiger partial charge is 0.367 e. The SMILES string of the molecule is CNCC1CCCCN1c1ccnc2ccccc12. The molecular formula is C16H21N3. The molecule has 19 heavy (non-hydrogen) atoms. The highest BCUT2D eigenvalue weighted by Crippen LogP contribution is 2.30. The Morgan fingerprint density at radius 1 is 1.26 bits per heavy atom. The number of nitrogens with zero attached hydrogens (tertiary/aromatic N) is 2. The Kier molecular flexibility index (Phi) is 3.65. The zero-order valence-electron chi connectivity index (χ0n) is 11.5. The Hall–Kier alpha value is -1.61. The van der Waals surface area contributed by atoms with E-state index in [4.69, 9.17) is 0 Å². The Bertz CT molecular complexity index is 545. The van der Waals surface area contributed by atoms with Gasteiger partial charge in [0.1, 0.15) is 0 Å². The standard InChI is InChI=1S/C16H21N3/c1-17-12-13-6-4-5-11-19(13)16-9-10-18-15-8-3-2-7-14(15)16/h2-3,7-10,13,17H,4-6,11-12H2,1H3. The Morgan fingerprint density at radius 2 is 2.16 bits per heavy atom. The van der Waals surface area contributed by atoms with Crippen molar-refractivity contribution in [2.24, 2.45) is 0 Å². The molecule has 1 atom stereocenters. The molecule has 2 aromatic rings. The van der Waals surface area contributed by atoms with Crippen LogP contribution in [0.2, 0.25) is 0 Å². The Labute approximate surface area is 114 Å². The van der Waals surface area contributed by atoms with Gasteiger partial charge >= 0.3 is 0 Å². The molecule has 1 aliphatic heterocycles. The molecule has 1 fully saturated rings. The number of pyridine rings is 1. The van der Waals surface area contributed by atoms with Gasteiger partial charge in [-0.2, -0.15) is 0 Å². The highest BCUT2D eigenvalue weighted by atomic mass is 15.2. The van der Waals surface area contributed by atoms with Gasteiger partial charge < -0.3 is 10.2 Å². The number of hydrogen-bond donors (Lipinski definition) is 1. The molecule has 0 spiro atoms. The smallest absolute Gasteiger partial charge is 0.0722 e. The molecule has 2 heterocycles. The summed E-state index contributed by atoms with van der Waals surface area (Å²) in [4.78, 5) is 7.02. The second kappa shape index (κ2) is 5.57. The molecule has 1 saturated heterocycles. The fraction of sp³-hybridized carbons (Fsp3) is 0.438. The first-order valence-electron chi connectivity index (χ1n) is 7.15. The summed E-state index contributed by atoms with van der Waals surface area (Å²) in [5, 5.41) is 4.60. The quantitative estimate of drug-likeness (QED) is 0.914. The highest BCUT2D eigenvalue weighted by molar-refractivity contribution is 5.91. The molecule has 0 radical (unpaired) electrons. The van der Waals surface area contributed by atoms with Crippen LogP contribution in [0.3, 0.4) is 0 Å². The third-order valence-corrected chi connectivity index (χ3v) is 4.00. The van der Waals surface area contributed by atoms with E-state index < -0.39 is 0 Å². The van der Waals surface area contributed by atoms with Crippen molar-refractivity contribution in [1.82, 2.24) is 10.3 Å². The Morgan fingerprint density at radius 3 is 3.05 bits per heavy atom. The number of rotatable bonds is 3. The summed E-state index contributed by atoms with van der Waals surface area (Å²) in [7, 11) is 2.04. The first kappa shape index (κ1) is 12.4. The van der Waals surface area contributed by atoms with E-state index in [9.17, 15) is 0 Å². The summed E-state index contributed by atoms with van der Waals surface area (Å²) in [6.07, 6.45) is 5.84. The van der Waals surface area contributed by atoms with Crippen LogP contribution < -0.4 is 10.2 Å². The molecule has 1 aliphatic rings. The van der Waals surface area contributed by atoms with E-state index in [0.717, 1.165) is 18.6 Å². The van der Waals surface area contributed by atoms with Gasteiger partial charge in [-0.25, -0.2) is 0 Å². The van der Waals surface area contributed by atoms with Crippen LogP contribution in [0.25, 0.3) is 10.9 Å². The third-order valence-electron chi connectivity index (χ3n) is 4.00. The van der Waals surface area contributed by atoms with Crippen molar-refractivity contribution in [1.29, 1.82) is 0 Å². The fourth-order valence-electron chi connectivity index (χ4n) is 3.10. The molecule has 3 nitrogen and oxygen atoms in total. The molecule has 0 amide bonds. The van der Waals surface area contributed by atoms with Gasteiger partial charge in [-0.05, 0) is 38.4 Å². The second-order valence-electron chi connectivity index (χ2n) is 5.25. The van der Waals surface area contributed by atoms with E-state index in [1.165, 1.54) is 30.3 Å². The third kappa shape index (κ3) is 2.43. The summed E-state index contributed by atoms with van der Waals surface area (Å²) in [5.74, 6) is 0. The number of piperidine rings is 1. The van der Waals surface area contributed by atoms with Crippen LogP contribution >= 0.6 is 0 Å². The summed E-state index contributed by atoms with van der Waals surface area (Å²) in [6, 6.07) is 11.2. The lowest BCUT2D eigenvalue weighted by molar-refractivity contribution is 0.447. The average molecular weight is 255 g/mol. The van der Waals surface area contributed by atoms with E-state index >= 15 is 0 Å². The van der Waals surface area contributed by atoms with Crippen LogP contribution in [-0.4, -0.2) is 31.2 Å². The van der Waals surface area contributed by atoms with Gasteiger partial charge in [-0.3, -0.25) is 4.98 Å². The van der Waals surface area contributed by atoms with Gasteiger partial charge in [-0.15, -0.1) is 0 Å². The number of nitrogens with one attached hydrogen (secondary N) is 1. The van der Waals surface area contributed by atoms with Gasteiger partial charge in [0.25, 0.3) is 0 Å². The van der Waals surface area contributed by atoms with E-state index in [1.807, 2.05) is 13.2 Å². The summed E-state index contributed by atoms with van der Waals surface area (Å²) >= 11 is 0. The fourth-order valence-corrected chi connectivity index (χ4v) is 3.10. The average Bonchev–Trinajstić information content (AvgIpc) is 2.48. The maximum absolute atomic E-state index is 4.47. The zero-order valence-corrected chi connectivity index (χ0v) is 11.5. The summed E-state index contributed by atoms with van der Waals surface area (Å²) in [5.41, 5.74) is 2.43. The van der Waals surface area contributed by atoms with Gasteiger partial charge in [0.2, 0.25) is 0 Å². The lowest BCUT2D eigenvalue weighted by Gasteiger charge is -2.38. The molecule has 1 N–H and O–H groups in total. The maximum atomic E-state index is 4.47. The van der Waals surface area contributed by atoms with Crippen molar-refractivity contribution in [3.8, 4) is 0 Å². The molecule has 0 bridgehead atoms. The van der Waals surface area contributed by atoms with E-state index in [1.54, 1.807) is 0 Å². The van der Waals surface area contributed by atoms with Crippen molar-refractivity contribution in [3.63, 3.8) is 0 Å². The van der Waals surface area contributed by atoms with Crippen LogP contribution in [0.4, 0.5) is 5.69 Å². The molecule has 1 aromatic carbocycles. The number of fused-ring (bicyclic) bond motifs is 1. The van der Waals surface area contributed by atoms with Crippen LogP contribution in [0.5, 0.6) is 0 Å². The summed E-state index contributed by atoms with van der Waals surface area (Å²) in [6.45, 7) is 2.21. The van der Waals surface area contributed by atoms with Crippen LogP contribution in [0.1, 0.15) is 19.3 Å². The minimum atomic E-state index is 0.601. The molecule has 0 saturated carbocycles. The maximum Gasteiger partial charge on any atom is 0.0722 e. The first-order valence-corrected chi connectivity index (χ1v) is 7.15. The van der Waals surface area contributed by atoms with Gasteiger partial charge in [0.05, 0.1) is 5.52 Å². The lowest BCUT2D eigenvalue weighted by atomic mass is 10.00. The van der Waals surface area contributed by atoms with Gasteiger partial charge in [-0.1, -0.05) is 18.2 Å². The number of aromatic nitrogens is 1. The number of hydrogen-bond acceptors (Lipinski definition) is 3. The molecule has 1 unspecified atom stereocenters. The highest BCUT2D eigenvalue weighted by Gasteiger charge is 2.23. The van der Waals surface area contributed by atoms with E-state index in [-0.39, 0.29) is 0 Å².